The minimum absolute atomic E-state index is 0. The van der Waals surface area contributed by atoms with Gasteiger partial charge in [0.25, 0.3) is 0 Å². The number of aryl methyl sites for hydroxylation is 1. The van der Waals surface area contributed by atoms with Crippen molar-refractivity contribution < 1.29 is 22.7 Å². The van der Waals surface area contributed by atoms with Crippen LogP contribution in [0.15, 0.2) is 12.1 Å². The molecule has 0 amide bonds. The molecule has 1 aromatic carbocycles. The molecule has 0 unspecified atom stereocenters. The van der Waals surface area contributed by atoms with Gasteiger partial charge in [0, 0.05) is 5.56 Å². The molecule has 0 saturated heterocycles. The first-order chi connectivity index (χ1) is 6.73. The van der Waals surface area contributed by atoms with E-state index >= 15 is 0 Å². The third kappa shape index (κ3) is 2.99. The van der Waals surface area contributed by atoms with Gasteiger partial charge in [-0.25, -0.2) is 4.39 Å². The van der Waals surface area contributed by atoms with E-state index in [1.807, 2.05) is 0 Å². The zero-order valence-corrected chi connectivity index (χ0v) is 8.99. The molecule has 1 rings (SSSR count). The molecule has 0 saturated carbocycles. The molecule has 2 nitrogen and oxygen atoms in total. The maximum atomic E-state index is 12.9. The number of alkyl halides is 3. The van der Waals surface area contributed by atoms with Crippen LogP contribution in [0.25, 0.3) is 0 Å². The van der Waals surface area contributed by atoms with Crippen LogP contribution in [0.3, 0.4) is 0 Å². The number of phenolic OH excluding ortho intramolecular Hbond substituents is 1. The van der Waals surface area contributed by atoms with Gasteiger partial charge < -0.3 is 10.8 Å². The smallest absolute Gasteiger partial charge is 0.407 e. The Labute approximate surface area is 95.5 Å². The monoisotopic (exact) mass is 259 g/mol. The summed E-state index contributed by atoms with van der Waals surface area (Å²) in [6.07, 6.45) is -4.71. The molecule has 0 bridgehead atoms. The van der Waals surface area contributed by atoms with Crippen LogP contribution in [0, 0.1) is 12.7 Å². The molecule has 0 aliphatic heterocycles. The van der Waals surface area contributed by atoms with Crippen LogP contribution < -0.4 is 5.73 Å². The zero-order chi connectivity index (χ0) is 11.8. The molecule has 0 aliphatic carbocycles. The second-order valence-corrected chi connectivity index (χ2v) is 3.20. The highest BCUT2D eigenvalue weighted by Crippen LogP contribution is 2.36. The number of phenols is 1. The van der Waals surface area contributed by atoms with Crippen molar-refractivity contribution in [1.82, 2.24) is 0 Å². The first-order valence-electron chi connectivity index (χ1n) is 4.04. The number of benzene rings is 1. The fraction of sp³-hybridized carbons (Fsp3) is 0.333. The van der Waals surface area contributed by atoms with Gasteiger partial charge in [0.15, 0.2) is 11.6 Å². The summed E-state index contributed by atoms with van der Waals surface area (Å²) in [6.45, 7) is 1.41. The predicted octanol–water partition coefficient (Wildman–Crippen LogP) is 2.82. The molecule has 0 radical (unpaired) electrons. The molecule has 0 heterocycles. The summed E-state index contributed by atoms with van der Waals surface area (Å²) in [4.78, 5) is 0. The van der Waals surface area contributed by atoms with E-state index in [1.165, 1.54) is 6.92 Å². The normalized spacial score (nSPS) is 13.1. The van der Waals surface area contributed by atoms with Crippen LogP contribution in [0.4, 0.5) is 17.6 Å². The summed E-state index contributed by atoms with van der Waals surface area (Å²) >= 11 is 0. The van der Waals surface area contributed by atoms with Crippen molar-refractivity contribution in [1.29, 1.82) is 0 Å². The van der Waals surface area contributed by atoms with Crippen molar-refractivity contribution >= 4 is 12.4 Å². The van der Waals surface area contributed by atoms with Gasteiger partial charge in [0.05, 0.1) is 0 Å². The van der Waals surface area contributed by atoms with E-state index in [-0.39, 0.29) is 18.0 Å². The Morgan fingerprint density at radius 2 is 1.81 bits per heavy atom. The summed E-state index contributed by atoms with van der Waals surface area (Å²) in [6, 6.07) is -0.440. The topological polar surface area (TPSA) is 46.2 Å². The Hall–Kier alpha value is -1.01. The summed E-state index contributed by atoms with van der Waals surface area (Å²) < 4.78 is 49.6. The highest BCUT2D eigenvalue weighted by atomic mass is 35.5. The van der Waals surface area contributed by atoms with Crippen LogP contribution in [0.1, 0.15) is 17.2 Å². The van der Waals surface area contributed by atoms with E-state index < -0.39 is 29.3 Å². The van der Waals surface area contributed by atoms with E-state index in [0.717, 1.165) is 12.1 Å². The third-order valence-corrected chi connectivity index (χ3v) is 1.92. The molecule has 1 atom stereocenters. The van der Waals surface area contributed by atoms with Crippen molar-refractivity contribution in [3.63, 3.8) is 0 Å². The van der Waals surface area contributed by atoms with Crippen molar-refractivity contribution in [2.75, 3.05) is 0 Å². The second kappa shape index (κ2) is 4.88. The lowest BCUT2D eigenvalue weighted by molar-refractivity contribution is -0.149. The van der Waals surface area contributed by atoms with E-state index in [0.29, 0.717) is 0 Å². The third-order valence-electron chi connectivity index (χ3n) is 1.92. The fourth-order valence-corrected chi connectivity index (χ4v) is 1.17. The molecule has 0 spiro atoms. The number of hydrogen-bond donors (Lipinski definition) is 2. The minimum Gasteiger partial charge on any atom is -0.505 e. The quantitative estimate of drug-likeness (QED) is 0.762. The standard InChI is InChI=1S/C9H9F4NO.ClH/c1-4-2-5(7(15)6(10)3-4)8(14)9(11,12)13;/h2-3,8,15H,14H2,1H3;1H/t8-;/m1./s1. The van der Waals surface area contributed by atoms with E-state index in [4.69, 9.17) is 10.8 Å². The van der Waals surface area contributed by atoms with Crippen molar-refractivity contribution in [3.8, 4) is 5.75 Å². The molecule has 16 heavy (non-hydrogen) atoms. The molecule has 0 fully saturated rings. The summed E-state index contributed by atoms with van der Waals surface area (Å²) in [5.74, 6) is -2.16. The first kappa shape index (κ1) is 15.0. The Bertz CT molecular complexity index is 381. The van der Waals surface area contributed by atoms with E-state index in [9.17, 15) is 17.6 Å². The second-order valence-electron chi connectivity index (χ2n) is 3.20. The van der Waals surface area contributed by atoms with Gasteiger partial charge in [0.2, 0.25) is 0 Å². The summed E-state index contributed by atoms with van der Waals surface area (Å²) in [5, 5.41) is 9.10. The van der Waals surface area contributed by atoms with E-state index in [1.54, 1.807) is 0 Å². The van der Waals surface area contributed by atoms with Crippen molar-refractivity contribution in [2.45, 2.75) is 19.1 Å². The predicted molar refractivity (Wildman–Crippen MR) is 53.0 cm³/mol. The lowest BCUT2D eigenvalue weighted by atomic mass is 10.0. The molecule has 7 heteroatoms. The zero-order valence-electron chi connectivity index (χ0n) is 8.18. The number of nitrogens with two attached hydrogens (primary N) is 1. The lowest BCUT2D eigenvalue weighted by Crippen LogP contribution is -2.28. The van der Waals surface area contributed by atoms with E-state index in [2.05, 4.69) is 0 Å². The van der Waals surface area contributed by atoms with Crippen LogP contribution in [-0.2, 0) is 0 Å². The number of rotatable bonds is 1. The first-order valence-corrected chi connectivity index (χ1v) is 4.04. The van der Waals surface area contributed by atoms with Crippen LogP contribution in [-0.4, -0.2) is 11.3 Å². The van der Waals surface area contributed by atoms with Crippen molar-refractivity contribution in [2.24, 2.45) is 5.73 Å². The molecule has 1 aromatic rings. The number of aromatic hydroxyl groups is 1. The highest BCUT2D eigenvalue weighted by Gasteiger charge is 2.39. The largest absolute Gasteiger partial charge is 0.505 e. The average molecular weight is 260 g/mol. The Kier molecular flexibility index (Phi) is 4.57. The lowest BCUT2D eigenvalue weighted by Gasteiger charge is -2.17. The van der Waals surface area contributed by atoms with Gasteiger partial charge >= 0.3 is 6.18 Å². The molecule has 0 aromatic heterocycles. The number of halogens is 5. The Morgan fingerprint density at radius 3 is 2.25 bits per heavy atom. The van der Waals surface area contributed by atoms with Crippen LogP contribution >= 0.6 is 12.4 Å². The Morgan fingerprint density at radius 1 is 1.31 bits per heavy atom. The Balaban J connectivity index is 0.00000225. The SMILES string of the molecule is Cc1cc(F)c(O)c([C@@H](N)C(F)(F)F)c1.Cl. The van der Waals surface area contributed by atoms with Gasteiger partial charge in [-0.05, 0) is 18.6 Å². The van der Waals surface area contributed by atoms with Gasteiger partial charge in [-0.3, -0.25) is 0 Å². The average Bonchev–Trinajstić information content (AvgIpc) is 2.08. The maximum Gasteiger partial charge on any atom is 0.407 e. The summed E-state index contributed by atoms with van der Waals surface area (Å²) in [7, 11) is 0. The van der Waals surface area contributed by atoms with Crippen molar-refractivity contribution in [3.05, 3.63) is 29.1 Å². The number of hydrogen-bond acceptors (Lipinski definition) is 2. The molecule has 0 aliphatic rings. The van der Waals surface area contributed by atoms with Gasteiger partial charge in [0.1, 0.15) is 6.04 Å². The van der Waals surface area contributed by atoms with Crippen LogP contribution in [0.2, 0.25) is 0 Å². The van der Waals surface area contributed by atoms with Gasteiger partial charge in [-0.15, -0.1) is 12.4 Å². The minimum atomic E-state index is -4.71. The molecule has 92 valence electrons. The van der Waals surface area contributed by atoms with Gasteiger partial charge in [-0.2, -0.15) is 13.2 Å². The molecule has 3 N–H and O–H groups in total. The van der Waals surface area contributed by atoms with Gasteiger partial charge in [-0.1, -0.05) is 6.07 Å². The highest BCUT2D eigenvalue weighted by molar-refractivity contribution is 5.85. The fourth-order valence-electron chi connectivity index (χ4n) is 1.17. The van der Waals surface area contributed by atoms with Crippen LogP contribution in [0.5, 0.6) is 5.75 Å². The molecular weight excluding hydrogens is 250 g/mol. The maximum absolute atomic E-state index is 12.9. The molecular formula is C9H10ClF4NO. The summed E-state index contributed by atoms with van der Waals surface area (Å²) in [5.41, 5.74) is 4.47.